The third kappa shape index (κ3) is 1.46. The Kier molecular flexibility index (Phi) is 2.24. The van der Waals surface area contributed by atoms with Crippen molar-refractivity contribution in [2.75, 3.05) is 13.2 Å². The Morgan fingerprint density at radius 1 is 1.90 bits per heavy atom. The van der Waals surface area contributed by atoms with E-state index in [1.807, 2.05) is 0 Å². The minimum Gasteiger partial charge on any atom is -0.479 e. The molecule has 0 bridgehead atoms. The van der Waals surface area contributed by atoms with E-state index in [4.69, 9.17) is 14.9 Å². The predicted octanol–water partition coefficient (Wildman–Crippen LogP) is -0.843. The average molecular weight is 145 g/mol. The van der Waals surface area contributed by atoms with Crippen molar-refractivity contribution < 1.29 is 14.9 Å². The highest BCUT2D eigenvalue weighted by Gasteiger charge is 2.23. The Hall–Kier alpha value is -0.610. The Balaban J connectivity index is 2.44. The molecule has 58 valence electrons. The molecule has 0 aromatic heterocycles. The van der Waals surface area contributed by atoms with E-state index >= 15 is 0 Å². The molecule has 0 amide bonds. The molecule has 2 N–H and O–H groups in total. The molecule has 0 saturated heterocycles. The van der Waals surface area contributed by atoms with Gasteiger partial charge >= 0.3 is 0 Å². The summed E-state index contributed by atoms with van der Waals surface area (Å²) in [4.78, 5) is 3.94. The summed E-state index contributed by atoms with van der Waals surface area (Å²) in [5.74, 6) is 0.581. The number of hydrogen-bond acceptors (Lipinski definition) is 4. The van der Waals surface area contributed by atoms with E-state index in [2.05, 4.69) is 4.99 Å². The molecule has 4 heteroatoms. The molecule has 0 aromatic rings. The van der Waals surface area contributed by atoms with Gasteiger partial charge in [0.15, 0.2) is 5.90 Å². The van der Waals surface area contributed by atoms with Crippen LogP contribution in [0.5, 0.6) is 0 Å². The molecule has 0 aliphatic carbocycles. The van der Waals surface area contributed by atoms with Gasteiger partial charge in [0.05, 0.1) is 6.61 Å². The van der Waals surface area contributed by atoms with Crippen molar-refractivity contribution in [3.05, 3.63) is 0 Å². The maximum Gasteiger partial charge on any atom is 0.180 e. The molecule has 0 fully saturated rings. The highest BCUT2D eigenvalue weighted by Crippen LogP contribution is 2.07. The van der Waals surface area contributed by atoms with Crippen LogP contribution in [0.15, 0.2) is 4.99 Å². The Bertz CT molecular complexity index is 146. The number of nitrogens with zero attached hydrogens (tertiary/aromatic N) is 1. The van der Waals surface area contributed by atoms with Gasteiger partial charge in [0.2, 0.25) is 0 Å². The Morgan fingerprint density at radius 2 is 2.60 bits per heavy atom. The zero-order valence-electron chi connectivity index (χ0n) is 5.82. The number of rotatable bonds is 2. The van der Waals surface area contributed by atoms with Crippen LogP contribution < -0.4 is 0 Å². The maximum absolute atomic E-state index is 9.04. The molecule has 0 aromatic carbocycles. The van der Waals surface area contributed by atoms with Crippen LogP contribution in [0.1, 0.15) is 6.92 Å². The molecular weight excluding hydrogens is 134 g/mol. The maximum atomic E-state index is 9.04. The summed E-state index contributed by atoms with van der Waals surface area (Å²) in [5.41, 5.74) is 0. The quantitative estimate of drug-likeness (QED) is 0.532. The zero-order valence-corrected chi connectivity index (χ0v) is 5.82. The summed E-state index contributed by atoms with van der Waals surface area (Å²) < 4.78 is 4.97. The van der Waals surface area contributed by atoms with E-state index in [0.717, 1.165) is 0 Å². The first-order valence-corrected chi connectivity index (χ1v) is 3.20. The predicted molar refractivity (Wildman–Crippen MR) is 35.9 cm³/mol. The van der Waals surface area contributed by atoms with Crippen LogP contribution in [0.2, 0.25) is 0 Å². The number of hydrogen-bond donors (Lipinski definition) is 2. The van der Waals surface area contributed by atoms with Gasteiger partial charge in [0.1, 0.15) is 18.8 Å². The first-order valence-electron chi connectivity index (χ1n) is 3.20. The summed E-state index contributed by atoms with van der Waals surface area (Å²) in [6.45, 7) is 1.85. The smallest absolute Gasteiger partial charge is 0.180 e. The minimum absolute atomic E-state index is 0.259. The fourth-order valence-corrected chi connectivity index (χ4v) is 0.833. The second-order valence-corrected chi connectivity index (χ2v) is 2.28. The standard InChI is InChI=1S/C6H11NO3/c1-4-7-5(3-10-4)6(9)2-8/h5-6,8-9H,2-3H2,1H3/t5?,6-/m0/s1. The van der Waals surface area contributed by atoms with Crippen molar-refractivity contribution in [1.29, 1.82) is 0 Å². The van der Waals surface area contributed by atoms with E-state index in [9.17, 15) is 0 Å². The number of ether oxygens (including phenoxy) is 1. The topological polar surface area (TPSA) is 62.1 Å². The highest BCUT2D eigenvalue weighted by atomic mass is 16.5. The van der Waals surface area contributed by atoms with Crippen molar-refractivity contribution in [2.45, 2.75) is 19.1 Å². The lowest BCUT2D eigenvalue weighted by atomic mass is 10.2. The molecule has 1 aliphatic heterocycles. The van der Waals surface area contributed by atoms with Crippen LogP contribution in [0.3, 0.4) is 0 Å². The molecule has 1 rings (SSSR count). The minimum atomic E-state index is -0.780. The first kappa shape index (κ1) is 7.50. The normalized spacial score (nSPS) is 27.5. The van der Waals surface area contributed by atoms with Gasteiger partial charge in [-0.3, -0.25) is 0 Å². The summed E-state index contributed by atoms with van der Waals surface area (Å²) in [6.07, 6.45) is -0.780. The van der Waals surface area contributed by atoms with Crippen LogP contribution >= 0.6 is 0 Å². The van der Waals surface area contributed by atoms with Crippen molar-refractivity contribution in [2.24, 2.45) is 4.99 Å². The largest absolute Gasteiger partial charge is 0.479 e. The molecule has 10 heavy (non-hydrogen) atoms. The molecule has 0 spiro atoms. The number of aliphatic imine (C=N–C) groups is 1. The van der Waals surface area contributed by atoms with E-state index in [1.165, 1.54) is 0 Å². The monoisotopic (exact) mass is 145 g/mol. The van der Waals surface area contributed by atoms with Crippen LogP contribution in [0.4, 0.5) is 0 Å². The van der Waals surface area contributed by atoms with Gasteiger partial charge < -0.3 is 14.9 Å². The number of aliphatic hydroxyl groups excluding tert-OH is 2. The molecule has 1 heterocycles. The van der Waals surface area contributed by atoms with Gasteiger partial charge in [-0.15, -0.1) is 0 Å². The molecule has 1 unspecified atom stereocenters. The summed E-state index contributed by atoms with van der Waals surface area (Å²) in [5, 5.41) is 17.5. The lowest BCUT2D eigenvalue weighted by Gasteiger charge is -2.09. The molecular formula is C6H11NO3. The third-order valence-corrected chi connectivity index (χ3v) is 1.44. The Morgan fingerprint density at radius 3 is 3.00 bits per heavy atom. The van der Waals surface area contributed by atoms with Gasteiger partial charge in [-0.2, -0.15) is 0 Å². The summed E-state index contributed by atoms with van der Waals surface area (Å²) in [6, 6.07) is -0.273. The van der Waals surface area contributed by atoms with Crippen molar-refractivity contribution in [3.8, 4) is 0 Å². The fraction of sp³-hybridized carbons (Fsp3) is 0.833. The van der Waals surface area contributed by atoms with Crippen molar-refractivity contribution >= 4 is 5.90 Å². The highest BCUT2D eigenvalue weighted by molar-refractivity contribution is 5.74. The van der Waals surface area contributed by atoms with Crippen LogP contribution in [0.25, 0.3) is 0 Å². The SMILES string of the molecule is CC1=NC([C@@H](O)CO)CO1. The van der Waals surface area contributed by atoms with E-state index < -0.39 is 6.10 Å². The van der Waals surface area contributed by atoms with Crippen molar-refractivity contribution in [1.82, 2.24) is 0 Å². The lowest BCUT2D eigenvalue weighted by molar-refractivity contribution is 0.0666. The third-order valence-electron chi connectivity index (χ3n) is 1.44. The average Bonchev–Trinajstić information content (AvgIpc) is 2.34. The second-order valence-electron chi connectivity index (χ2n) is 2.28. The van der Waals surface area contributed by atoms with Crippen molar-refractivity contribution in [3.63, 3.8) is 0 Å². The van der Waals surface area contributed by atoms with E-state index in [0.29, 0.717) is 12.5 Å². The molecule has 0 saturated carbocycles. The molecule has 2 atom stereocenters. The summed E-state index contributed by atoms with van der Waals surface area (Å²) in [7, 11) is 0. The second kappa shape index (κ2) is 2.98. The number of aliphatic hydroxyl groups is 2. The van der Waals surface area contributed by atoms with Gasteiger partial charge in [-0.05, 0) is 0 Å². The molecule has 1 aliphatic rings. The van der Waals surface area contributed by atoms with Crippen LogP contribution in [-0.2, 0) is 4.74 Å². The molecule has 0 radical (unpaired) electrons. The van der Waals surface area contributed by atoms with Gasteiger partial charge in [-0.1, -0.05) is 0 Å². The first-order chi connectivity index (χ1) is 4.74. The van der Waals surface area contributed by atoms with Gasteiger partial charge in [0, 0.05) is 6.92 Å². The lowest BCUT2D eigenvalue weighted by Crippen LogP contribution is -2.28. The molecule has 4 nitrogen and oxygen atoms in total. The zero-order chi connectivity index (χ0) is 7.56. The Labute approximate surface area is 59.2 Å². The van der Waals surface area contributed by atoms with Crippen LogP contribution in [-0.4, -0.2) is 41.5 Å². The van der Waals surface area contributed by atoms with E-state index in [1.54, 1.807) is 6.92 Å². The fourth-order valence-electron chi connectivity index (χ4n) is 0.833. The van der Waals surface area contributed by atoms with Gasteiger partial charge in [0.25, 0.3) is 0 Å². The van der Waals surface area contributed by atoms with E-state index in [-0.39, 0.29) is 12.6 Å². The summed E-state index contributed by atoms with van der Waals surface area (Å²) >= 11 is 0. The van der Waals surface area contributed by atoms with Gasteiger partial charge in [-0.25, -0.2) is 4.99 Å². The van der Waals surface area contributed by atoms with Crippen LogP contribution in [0, 0.1) is 0 Å².